The second-order valence-corrected chi connectivity index (χ2v) is 6.78. The summed E-state index contributed by atoms with van der Waals surface area (Å²) in [5, 5.41) is 14.4. The summed E-state index contributed by atoms with van der Waals surface area (Å²) in [6.07, 6.45) is 7.60. The Balaban J connectivity index is 1.37. The molecule has 0 N–H and O–H groups in total. The van der Waals surface area contributed by atoms with Crippen LogP contribution in [-0.4, -0.2) is 48.0 Å². The molecular formula is C18H20N9+. The number of piperidine rings is 1. The van der Waals surface area contributed by atoms with Crippen LogP contribution in [0.2, 0.25) is 0 Å². The third kappa shape index (κ3) is 2.71. The summed E-state index contributed by atoms with van der Waals surface area (Å²) in [6, 6.07) is 9.93. The minimum absolute atomic E-state index is 0.433. The highest BCUT2D eigenvalue weighted by Gasteiger charge is 2.30. The molecule has 9 nitrogen and oxygen atoms in total. The van der Waals surface area contributed by atoms with Crippen LogP contribution in [0.15, 0.2) is 48.9 Å². The molecule has 136 valence electrons. The van der Waals surface area contributed by atoms with Crippen LogP contribution in [0.1, 0.15) is 30.1 Å². The summed E-state index contributed by atoms with van der Waals surface area (Å²) in [5.41, 5.74) is 4.23. The maximum Gasteiger partial charge on any atom is 0.179 e. The smallest absolute Gasteiger partial charge is 0.179 e. The van der Waals surface area contributed by atoms with Gasteiger partial charge < -0.3 is 4.40 Å². The molecule has 9 heteroatoms. The molecule has 4 heterocycles. The molecule has 0 radical (unpaired) electrons. The first kappa shape index (κ1) is 15.9. The third-order valence-corrected chi connectivity index (χ3v) is 5.22. The Morgan fingerprint density at radius 3 is 2.70 bits per heavy atom. The maximum absolute atomic E-state index is 4.82. The highest BCUT2D eigenvalue weighted by atomic mass is 15.9. The molecule has 0 unspecified atom stereocenters. The van der Waals surface area contributed by atoms with Gasteiger partial charge in [-0.25, -0.2) is 9.99 Å². The van der Waals surface area contributed by atoms with Gasteiger partial charge in [-0.05, 0) is 36.7 Å². The molecule has 0 saturated carbocycles. The monoisotopic (exact) mass is 362 g/mol. The molecule has 0 amide bonds. The molecule has 1 aliphatic heterocycles. The number of imidazole rings is 1. The molecule has 1 fully saturated rings. The van der Waals surface area contributed by atoms with Gasteiger partial charge in [0.2, 0.25) is 0 Å². The lowest BCUT2D eigenvalue weighted by Crippen LogP contribution is -2.56. The van der Waals surface area contributed by atoms with Crippen LogP contribution < -0.4 is 9.81 Å². The van der Waals surface area contributed by atoms with E-state index in [0.29, 0.717) is 5.92 Å². The average molecular weight is 362 g/mol. The summed E-state index contributed by atoms with van der Waals surface area (Å²) in [4.78, 5) is 12.5. The number of hydrogen-bond donors (Lipinski definition) is 0. The Morgan fingerprint density at radius 2 is 1.93 bits per heavy atom. The average Bonchev–Trinajstić information content (AvgIpc) is 3.34. The lowest BCUT2D eigenvalue weighted by atomic mass is 9.93. The minimum Gasteiger partial charge on any atom is -0.301 e. The Labute approximate surface area is 155 Å². The predicted octanol–water partition coefficient (Wildman–Crippen LogP) is 0.817. The SMILES string of the molecule is Cc1c(C2CCN(n3nnn[n+]3-c3ccccc3)CC2)nc2cnccn12. The van der Waals surface area contributed by atoms with Gasteiger partial charge >= 0.3 is 0 Å². The third-order valence-electron chi connectivity index (χ3n) is 5.22. The number of aromatic nitrogens is 8. The van der Waals surface area contributed by atoms with Crippen molar-refractivity contribution in [2.75, 3.05) is 18.1 Å². The van der Waals surface area contributed by atoms with Gasteiger partial charge in [0.1, 0.15) is 10.9 Å². The van der Waals surface area contributed by atoms with Crippen LogP contribution in [0.5, 0.6) is 0 Å². The van der Waals surface area contributed by atoms with E-state index in [1.165, 1.54) is 11.4 Å². The van der Waals surface area contributed by atoms with Gasteiger partial charge in [0.05, 0.1) is 29.9 Å². The topological polar surface area (TPSA) is 80.9 Å². The first-order valence-electron chi connectivity index (χ1n) is 9.11. The van der Waals surface area contributed by atoms with Gasteiger partial charge in [0.15, 0.2) is 16.1 Å². The number of rotatable bonds is 3. The summed E-state index contributed by atoms with van der Waals surface area (Å²) in [7, 11) is 0. The maximum atomic E-state index is 4.82. The first-order chi connectivity index (χ1) is 13.3. The van der Waals surface area contributed by atoms with Crippen molar-refractivity contribution in [2.24, 2.45) is 0 Å². The predicted molar refractivity (Wildman–Crippen MR) is 97.0 cm³/mol. The van der Waals surface area contributed by atoms with Crippen LogP contribution in [0.3, 0.4) is 0 Å². The van der Waals surface area contributed by atoms with Crippen LogP contribution >= 0.6 is 0 Å². The van der Waals surface area contributed by atoms with E-state index in [-0.39, 0.29) is 0 Å². The van der Waals surface area contributed by atoms with E-state index in [9.17, 15) is 0 Å². The number of nitrogens with zero attached hydrogens (tertiary/aromatic N) is 9. The molecule has 0 spiro atoms. The zero-order valence-corrected chi connectivity index (χ0v) is 15.0. The van der Waals surface area contributed by atoms with Gasteiger partial charge in [-0.1, -0.05) is 18.2 Å². The standard InChI is InChI=1S/C18H20N9/c1-14-18(20-17-13-19-9-12-25(14)17)15-7-10-24(11-8-15)27-23-21-22-26(27)16-5-3-2-4-6-16/h2-6,9,12-13,15H,7-8,10-11H2,1H3/q+1. The van der Waals surface area contributed by atoms with E-state index in [0.717, 1.165) is 37.3 Å². The van der Waals surface area contributed by atoms with E-state index in [1.807, 2.05) is 42.7 Å². The first-order valence-corrected chi connectivity index (χ1v) is 9.11. The molecule has 3 aromatic heterocycles. The normalized spacial score (nSPS) is 15.5. The second-order valence-electron chi connectivity index (χ2n) is 6.78. The summed E-state index contributed by atoms with van der Waals surface area (Å²) < 4.78 is 2.11. The van der Waals surface area contributed by atoms with E-state index in [2.05, 4.69) is 37.0 Å². The van der Waals surface area contributed by atoms with Crippen molar-refractivity contribution in [3.05, 3.63) is 60.3 Å². The van der Waals surface area contributed by atoms with Crippen molar-refractivity contribution in [1.82, 2.24) is 34.9 Å². The molecule has 5 rings (SSSR count). The molecule has 1 aromatic carbocycles. The molecule has 0 bridgehead atoms. The van der Waals surface area contributed by atoms with Gasteiger partial charge in [0.25, 0.3) is 0 Å². The van der Waals surface area contributed by atoms with Crippen LogP contribution in [0.25, 0.3) is 11.3 Å². The molecule has 0 aliphatic carbocycles. The molecular weight excluding hydrogens is 342 g/mol. The van der Waals surface area contributed by atoms with Crippen molar-refractivity contribution in [2.45, 2.75) is 25.7 Å². The molecule has 4 aromatic rings. The zero-order valence-electron chi connectivity index (χ0n) is 15.0. The molecule has 27 heavy (non-hydrogen) atoms. The van der Waals surface area contributed by atoms with Crippen LogP contribution in [-0.2, 0) is 0 Å². The van der Waals surface area contributed by atoms with Crippen molar-refractivity contribution in [1.29, 1.82) is 0 Å². The van der Waals surface area contributed by atoms with E-state index >= 15 is 0 Å². The zero-order chi connectivity index (χ0) is 18.2. The van der Waals surface area contributed by atoms with Crippen LogP contribution in [0, 0.1) is 6.92 Å². The Morgan fingerprint density at radius 1 is 1.11 bits per heavy atom. The fraction of sp³-hybridized carbons (Fsp3) is 0.333. The Hall–Kier alpha value is -3.36. The molecule has 1 aliphatic rings. The van der Waals surface area contributed by atoms with Gasteiger partial charge in [-0.3, -0.25) is 4.98 Å². The van der Waals surface area contributed by atoms with E-state index < -0.39 is 0 Å². The largest absolute Gasteiger partial charge is 0.301 e. The van der Waals surface area contributed by atoms with Crippen molar-refractivity contribution in [3.63, 3.8) is 0 Å². The van der Waals surface area contributed by atoms with Gasteiger partial charge in [0, 0.05) is 24.0 Å². The quantitative estimate of drug-likeness (QED) is 0.502. The van der Waals surface area contributed by atoms with Gasteiger partial charge in [-0.2, -0.15) is 0 Å². The number of fused-ring (bicyclic) bond motifs is 1. The highest BCUT2D eigenvalue weighted by molar-refractivity contribution is 5.41. The summed E-state index contributed by atoms with van der Waals surface area (Å²) in [6.45, 7) is 3.87. The number of aryl methyl sites for hydroxylation is 1. The number of benzene rings is 1. The van der Waals surface area contributed by atoms with Crippen LogP contribution in [0.4, 0.5) is 0 Å². The van der Waals surface area contributed by atoms with Crippen molar-refractivity contribution in [3.8, 4) is 5.69 Å². The summed E-state index contributed by atoms with van der Waals surface area (Å²) >= 11 is 0. The van der Waals surface area contributed by atoms with Gasteiger partial charge in [-0.15, -0.1) is 0 Å². The lowest BCUT2D eigenvalue weighted by Gasteiger charge is -2.28. The Kier molecular flexibility index (Phi) is 3.77. The Bertz CT molecular complexity index is 1060. The molecule has 0 atom stereocenters. The van der Waals surface area contributed by atoms with E-state index in [4.69, 9.17) is 4.98 Å². The highest BCUT2D eigenvalue weighted by Crippen LogP contribution is 2.29. The minimum atomic E-state index is 0.433. The fourth-order valence-corrected chi connectivity index (χ4v) is 3.81. The number of hydrogen-bond acceptors (Lipinski definition) is 6. The van der Waals surface area contributed by atoms with Crippen molar-refractivity contribution >= 4 is 5.65 Å². The second kappa shape index (κ2) is 6.42. The number of para-hydroxylation sites is 1. The summed E-state index contributed by atoms with van der Waals surface area (Å²) in [5.74, 6) is 0.433. The lowest BCUT2D eigenvalue weighted by molar-refractivity contribution is -0.746. The fourth-order valence-electron chi connectivity index (χ4n) is 3.81. The van der Waals surface area contributed by atoms with E-state index in [1.54, 1.807) is 15.9 Å². The van der Waals surface area contributed by atoms with Crippen molar-refractivity contribution < 1.29 is 4.80 Å². The molecule has 1 saturated heterocycles.